The van der Waals surface area contributed by atoms with Crippen LogP contribution in [-0.2, 0) is 0 Å². The number of carbonyl (C=O) groups is 1. The molecule has 0 saturated carbocycles. The van der Waals surface area contributed by atoms with Gasteiger partial charge in [0.05, 0.1) is 21.9 Å². The van der Waals surface area contributed by atoms with Crippen molar-refractivity contribution >= 4 is 46.7 Å². The zero-order valence-corrected chi connectivity index (χ0v) is 14.1. The Kier molecular flexibility index (Phi) is 4.72. The van der Waals surface area contributed by atoms with Gasteiger partial charge >= 0.3 is 0 Å². The molecule has 0 fully saturated rings. The van der Waals surface area contributed by atoms with Gasteiger partial charge in [-0.15, -0.1) is 11.3 Å². The van der Waals surface area contributed by atoms with Crippen molar-refractivity contribution in [1.29, 1.82) is 0 Å². The van der Waals surface area contributed by atoms with E-state index >= 15 is 0 Å². The Bertz CT molecular complexity index is 858. The molecule has 0 atom stereocenters. The van der Waals surface area contributed by atoms with E-state index in [1.54, 1.807) is 0 Å². The van der Waals surface area contributed by atoms with Crippen molar-refractivity contribution in [3.8, 4) is 0 Å². The van der Waals surface area contributed by atoms with Crippen molar-refractivity contribution in [2.45, 2.75) is 0 Å². The number of nitrogens with one attached hydrogen (secondary N) is 1. The van der Waals surface area contributed by atoms with Crippen LogP contribution in [0.15, 0.2) is 71.0 Å². The summed E-state index contributed by atoms with van der Waals surface area (Å²) in [6.45, 7) is 3.61. The van der Waals surface area contributed by atoms with E-state index in [4.69, 9.17) is 0 Å². The lowest BCUT2D eigenvalue weighted by atomic mass is 10.2. The highest BCUT2D eigenvalue weighted by molar-refractivity contribution is 7.12. The average molecular weight is 335 g/mol. The fourth-order valence-corrected chi connectivity index (χ4v) is 3.18. The van der Waals surface area contributed by atoms with Gasteiger partial charge in [-0.25, -0.2) is 0 Å². The molecule has 0 aliphatic rings. The third-order valence-corrected chi connectivity index (χ3v) is 4.56. The predicted molar refractivity (Wildman–Crippen MR) is 102 cm³/mol. The predicted octanol–water partition coefficient (Wildman–Crippen LogP) is 5.10. The van der Waals surface area contributed by atoms with Crippen LogP contribution >= 0.6 is 11.3 Å². The molecule has 120 valence electrons. The van der Waals surface area contributed by atoms with Gasteiger partial charge in [-0.05, 0) is 37.0 Å². The van der Waals surface area contributed by atoms with E-state index in [2.05, 4.69) is 17.0 Å². The molecular weight excluding hydrogens is 318 g/mol. The molecule has 3 aromatic rings. The Hall–Kier alpha value is -2.92. The van der Waals surface area contributed by atoms with E-state index < -0.39 is 0 Å². The zero-order valence-electron chi connectivity index (χ0n) is 13.3. The second-order valence-corrected chi connectivity index (χ2v) is 6.11. The number of para-hydroxylation sites is 3. The Balaban J connectivity index is 1.80. The first-order chi connectivity index (χ1) is 11.7. The number of carbonyl (C=O) groups excluding carboxylic acids is 1. The highest BCUT2D eigenvalue weighted by Gasteiger charge is 2.14. The van der Waals surface area contributed by atoms with Gasteiger partial charge in [0.25, 0.3) is 5.91 Å². The highest BCUT2D eigenvalue weighted by atomic mass is 32.1. The van der Waals surface area contributed by atoms with Gasteiger partial charge in [-0.3, -0.25) is 9.79 Å². The molecule has 24 heavy (non-hydrogen) atoms. The standard InChI is InChI=1S/C19H17N3OS/c1-20-16-10-6-7-11-17(16)22(2)15-12-18(24-13-15)19(23)21-14-8-4-3-5-9-14/h3-13H,1H2,2H3,(H,21,23). The number of anilines is 3. The number of aliphatic imine (C=N–C) groups is 1. The Morgan fingerprint density at radius 1 is 1.12 bits per heavy atom. The van der Waals surface area contributed by atoms with Gasteiger partial charge in [-0.1, -0.05) is 30.3 Å². The number of thiophene rings is 1. The minimum absolute atomic E-state index is 0.110. The molecule has 0 radical (unpaired) electrons. The van der Waals surface area contributed by atoms with E-state index in [0.717, 1.165) is 22.7 Å². The second kappa shape index (κ2) is 7.10. The molecule has 0 spiro atoms. The van der Waals surface area contributed by atoms with Crippen LogP contribution in [-0.4, -0.2) is 19.7 Å². The molecule has 3 rings (SSSR count). The van der Waals surface area contributed by atoms with Gasteiger partial charge in [-0.2, -0.15) is 0 Å². The quantitative estimate of drug-likeness (QED) is 0.659. The SMILES string of the molecule is C=Nc1ccccc1N(C)c1csc(C(=O)Nc2ccccc2)c1. The third-order valence-electron chi connectivity index (χ3n) is 3.64. The van der Waals surface area contributed by atoms with Crippen LogP contribution in [0.3, 0.4) is 0 Å². The lowest BCUT2D eigenvalue weighted by Gasteiger charge is -2.19. The van der Waals surface area contributed by atoms with Crippen LogP contribution < -0.4 is 10.2 Å². The Morgan fingerprint density at radius 2 is 1.83 bits per heavy atom. The van der Waals surface area contributed by atoms with Crippen LogP contribution in [0.25, 0.3) is 0 Å². The summed E-state index contributed by atoms with van der Waals surface area (Å²) in [4.78, 5) is 19.1. The molecule has 1 amide bonds. The maximum atomic E-state index is 12.4. The lowest BCUT2D eigenvalue weighted by Crippen LogP contribution is -2.11. The first kappa shape index (κ1) is 16.0. The average Bonchev–Trinajstić information content (AvgIpc) is 3.12. The van der Waals surface area contributed by atoms with Gasteiger partial charge in [0.1, 0.15) is 0 Å². The molecule has 0 bridgehead atoms. The normalized spacial score (nSPS) is 10.2. The van der Waals surface area contributed by atoms with Crippen molar-refractivity contribution in [2.75, 3.05) is 17.3 Å². The summed E-state index contributed by atoms with van der Waals surface area (Å²) in [6.07, 6.45) is 0. The number of nitrogens with zero attached hydrogens (tertiary/aromatic N) is 2. The van der Waals surface area contributed by atoms with Crippen molar-refractivity contribution in [3.63, 3.8) is 0 Å². The maximum absolute atomic E-state index is 12.4. The summed E-state index contributed by atoms with van der Waals surface area (Å²) in [5, 5.41) is 4.86. The fourth-order valence-electron chi connectivity index (χ4n) is 2.36. The summed E-state index contributed by atoms with van der Waals surface area (Å²) < 4.78 is 0. The smallest absolute Gasteiger partial charge is 0.265 e. The molecule has 0 unspecified atom stereocenters. The summed E-state index contributed by atoms with van der Waals surface area (Å²) in [6, 6.07) is 19.1. The van der Waals surface area contributed by atoms with E-state index in [1.807, 2.05) is 78.0 Å². The van der Waals surface area contributed by atoms with Crippen molar-refractivity contribution in [1.82, 2.24) is 0 Å². The largest absolute Gasteiger partial charge is 0.342 e. The summed E-state index contributed by atoms with van der Waals surface area (Å²) >= 11 is 1.41. The van der Waals surface area contributed by atoms with Gasteiger partial charge in [0.15, 0.2) is 0 Å². The molecule has 2 aromatic carbocycles. The topological polar surface area (TPSA) is 44.7 Å². The third kappa shape index (κ3) is 3.36. The summed E-state index contributed by atoms with van der Waals surface area (Å²) in [5.74, 6) is -0.110. The van der Waals surface area contributed by atoms with Crippen LogP contribution in [0.2, 0.25) is 0 Å². The summed E-state index contributed by atoms with van der Waals surface area (Å²) in [7, 11) is 1.95. The number of rotatable bonds is 5. The Labute approximate surface area is 145 Å². The maximum Gasteiger partial charge on any atom is 0.265 e. The molecular formula is C19H17N3OS. The van der Waals surface area contributed by atoms with Gasteiger partial charge in [0.2, 0.25) is 0 Å². The van der Waals surface area contributed by atoms with E-state index in [1.165, 1.54) is 11.3 Å². The van der Waals surface area contributed by atoms with E-state index in [9.17, 15) is 4.79 Å². The minimum Gasteiger partial charge on any atom is -0.342 e. The second-order valence-electron chi connectivity index (χ2n) is 5.20. The van der Waals surface area contributed by atoms with Crippen LogP contribution in [0.4, 0.5) is 22.7 Å². The number of hydrogen-bond acceptors (Lipinski definition) is 4. The molecule has 0 aliphatic carbocycles. The van der Waals surface area contributed by atoms with Crippen LogP contribution in [0.5, 0.6) is 0 Å². The molecule has 1 heterocycles. The highest BCUT2D eigenvalue weighted by Crippen LogP contribution is 2.34. The van der Waals surface area contributed by atoms with Crippen LogP contribution in [0, 0.1) is 0 Å². The Morgan fingerprint density at radius 3 is 2.58 bits per heavy atom. The first-order valence-electron chi connectivity index (χ1n) is 7.43. The van der Waals surface area contributed by atoms with E-state index in [-0.39, 0.29) is 5.91 Å². The van der Waals surface area contributed by atoms with Crippen LogP contribution in [0.1, 0.15) is 9.67 Å². The van der Waals surface area contributed by atoms with Crippen molar-refractivity contribution in [2.24, 2.45) is 4.99 Å². The lowest BCUT2D eigenvalue weighted by molar-refractivity contribution is 0.103. The molecule has 0 saturated heterocycles. The van der Waals surface area contributed by atoms with Gasteiger partial charge < -0.3 is 10.2 Å². The number of amides is 1. The minimum atomic E-state index is -0.110. The summed E-state index contributed by atoms with van der Waals surface area (Å²) in [5.41, 5.74) is 3.48. The van der Waals surface area contributed by atoms with Gasteiger partial charge in [0, 0.05) is 18.1 Å². The van der Waals surface area contributed by atoms with E-state index in [0.29, 0.717) is 4.88 Å². The molecule has 1 N–H and O–H groups in total. The van der Waals surface area contributed by atoms with Crippen molar-refractivity contribution in [3.05, 3.63) is 70.9 Å². The first-order valence-corrected chi connectivity index (χ1v) is 8.31. The fraction of sp³-hybridized carbons (Fsp3) is 0.0526. The number of benzene rings is 2. The molecule has 0 aliphatic heterocycles. The zero-order chi connectivity index (χ0) is 16.9. The number of hydrogen-bond donors (Lipinski definition) is 1. The van der Waals surface area contributed by atoms with Crippen molar-refractivity contribution < 1.29 is 4.79 Å². The molecule has 4 nitrogen and oxygen atoms in total. The molecule has 1 aromatic heterocycles. The molecule has 5 heteroatoms. The monoisotopic (exact) mass is 335 g/mol.